The number of hydrogen-bond donors (Lipinski definition) is 0. The van der Waals surface area contributed by atoms with E-state index in [-0.39, 0.29) is 12.1 Å². The van der Waals surface area contributed by atoms with Crippen molar-refractivity contribution < 1.29 is 14.3 Å². The fourth-order valence-electron chi connectivity index (χ4n) is 2.30. The summed E-state index contributed by atoms with van der Waals surface area (Å²) in [5, 5.41) is 0. The number of esters is 1. The van der Waals surface area contributed by atoms with Crippen molar-refractivity contribution in [1.29, 1.82) is 0 Å². The molecule has 0 unspecified atom stereocenters. The van der Waals surface area contributed by atoms with Crippen molar-refractivity contribution in [3.63, 3.8) is 0 Å². The van der Waals surface area contributed by atoms with Crippen molar-refractivity contribution in [3.05, 3.63) is 30.3 Å². The van der Waals surface area contributed by atoms with Crippen LogP contribution in [-0.2, 0) is 9.53 Å². The lowest BCUT2D eigenvalue weighted by Gasteiger charge is -2.16. The average Bonchev–Trinajstić information content (AvgIpc) is 2.47. The molecule has 1 rings (SSSR count). The second-order valence-electron chi connectivity index (χ2n) is 5.38. The molecule has 3 nitrogen and oxygen atoms in total. The van der Waals surface area contributed by atoms with Gasteiger partial charge >= 0.3 is 5.97 Å². The zero-order chi connectivity index (χ0) is 15.3. The third-order valence-corrected chi connectivity index (χ3v) is 3.39. The summed E-state index contributed by atoms with van der Waals surface area (Å²) in [6.45, 7) is 4.39. The third kappa shape index (κ3) is 9.11. The number of rotatable bonds is 11. The monoisotopic (exact) mass is 292 g/mol. The minimum atomic E-state index is -0.169. The number of unbranched alkanes of at least 4 members (excludes halogenated alkanes) is 3. The van der Waals surface area contributed by atoms with E-state index in [0.29, 0.717) is 6.61 Å². The maximum absolute atomic E-state index is 11.1. The van der Waals surface area contributed by atoms with Crippen LogP contribution in [0.15, 0.2) is 30.3 Å². The second kappa shape index (κ2) is 11.2. The van der Waals surface area contributed by atoms with Crippen LogP contribution in [0.4, 0.5) is 0 Å². The van der Waals surface area contributed by atoms with E-state index in [1.807, 2.05) is 30.3 Å². The van der Waals surface area contributed by atoms with E-state index in [0.717, 1.165) is 37.9 Å². The number of hydrogen-bond acceptors (Lipinski definition) is 3. The largest absolute Gasteiger partial charge is 0.494 e. The van der Waals surface area contributed by atoms with E-state index in [1.165, 1.54) is 19.8 Å². The SMILES string of the molecule is CCCCC[C@@H](CCCCOc1ccccc1)OC(C)=O. The number of carbonyl (C=O) groups excluding carboxylic acids is 1. The van der Waals surface area contributed by atoms with Crippen LogP contribution in [0, 0.1) is 0 Å². The quantitative estimate of drug-likeness (QED) is 0.436. The molecule has 3 heteroatoms. The minimum Gasteiger partial charge on any atom is -0.494 e. The van der Waals surface area contributed by atoms with Gasteiger partial charge in [0.1, 0.15) is 11.9 Å². The number of benzene rings is 1. The highest BCUT2D eigenvalue weighted by molar-refractivity contribution is 5.66. The van der Waals surface area contributed by atoms with Crippen LogP contribution in [0.3, 0.4) is 0 Å². The lowest BCUT2D eigenvalue weighted by Crippen LogP contribution is -2.16. The highest BCUT2D eigenvalue weighted by atomic mass is 16.5. The number of carbonyl (C=O) groups is 1. The molecule has 118 valence electrons. The predicted molar refractivity (Wildman–Crippen MR) is 85.5 cm³/mol. The van der Waals surface area contributed by atoms with Crippen LogP contribution >= 0.6 is 0 Å². The summed E-state index contributed by atoms with van der Waals surface area (Å²) in [4.78, 5) is 11.1. The molecular weight excluding hydrogens is 264 g/mol. The Labute approximate surface area is 128 Å². The van der Waals surface area contributed by atoms with Crippen LogP contribution < -0.4 is 4.74 Å². The van der Waals surface area contributed by atoms with E-state index in [1.54, 1.807) is 0 Å². The number of para-hydroxylation sites is 1. The Hall–Kier alpha value is -1.51. The van der Waals surface area contributed by atoms with Gasteiger partial charge in [-0.1, -0.05) is 38.0 Å². The van der Waals surface area contributed by atoms with Crippen LogP contribution in [0.1, 0.15) is 58.8 Å². The first-order chi connectivity index (χ1) is 10.2. The molecule has 0 fully saturated rings. The van der Waals surface area contributed by atoms with Gasteiger partial charge in [0.15, 0.2) is 0 Å². The summed E-state index contributed by atoms with van der Waals surface area (Å²) in [7, 11) is 0. The van der Waals surface area contributed by atoms with Crippen molar-refractivity contribution in [3.8, 4) is 5.75 Å². The van der Waals surface area contributed by atoms with Gasteiger partial charge in [-0.2, -0.15) is 0 Å². The molecule has 0 bridgehead atoms. The van der Waals surface area contributed by atoms with Crippen LogP contribution in [0.2, 0.25) is 0 Å². The Morgan fingerprint density at radius 2 is 1.71 bits per heavy atom. The fourth-order valence-corrected chi connectivity index (χ4v) is 2.30. The first kappa shape index (κ1) is 17.5. The second-order valence-corrected chi connectivity index (χ2v) is 5.38. The predicted octanol–water partition coefficient (Wildman–Crippen LogP) is 4.75. The van der Waals surface area contributed by atoms with Gasteiger partial charge in [-0.05, 0) is 44.2 Å². The van der Waals surface area contributed by atoms with Crippen LogP contribution in [0.5, 0.6) is 5.75 Å². The summed E-state index contributed by atoms with van der Waals surface area (Å²) in [6, 6.07) is 9.85. The highest BCUT2D eigenvalue weighted by Crippen LogP contribution is 2.15. The molecule has 21 heavy (non-hydrogen) atoms. The normalized spacial score (nSPS) is 11.9. The van der Waals surface area contributed by atoms with Crippen molar-refractivity contribution in [2.45, 2.75) is 64.9 Å². The van der Waals surface area contributed by atoms with Gasteiger partial charge in [0.25, 0.3) is 0 Å². The lowest BCUT2D eigenvalue weighted by atomic mass is 10.1. The maximum atomic E-state index is 11.1. The van der Waals surface area contributed by atoms with Crippen LogP contribution in [-0.4, -0.2) is 18.7 Å². The Morgan fingerprint density at radius 1 is 1.05 bits per heavy atom. The molecule has 0 saturated carbocycles. The molecule has 0 amide bonds. The summed E-state index contributed by atoms with van der Waals surface area (Å²) < 4.78 is 11.0. The molecule has 0 spiro atoms. The van der Waals surface area contributed by atoms with Gasteiger partial charge in [0.2, 0.25) is 0 Å². The molecule has 1 aromatic rings. The maximum Gasteiger partial charge on any atom is 0.302 e. The molecule has 0 radical (unpaired) electrons. The molecule has 1 atom stereocenters. The summed E-state index contributed by atoms with van der Waals surface area (Å²) in [5.41, 5.74) is 0. The van der Waals surface area contributed by atoms with Crippen LogP contribution in [0.25, 0.3) is 0 Å². The van der Waals surface area contributed by atoms with Gasteiger partial charge in [-0.3, -0.25) is 4.79 Å². The third-order valence-electron chi connectivity index (χ3n) is 3.39. The zero-order valence-electron chi connectivity index (χ0n) is 13.3. The van der Waals surface area contributed by atoms with E-state index < -0.39 is 0 Å². The zero-order valence-corrected chi connectivity index (χ0v) is 13.3. The van der Waals surface area contributed by atoms with Crippen molar-refractivity contribution >= 4 is 5.97 Å². The highest BCUT2D eigenvalue weighted by Gasteiger charge is 2.11. The van der Waals surface area contributed by atoms with Gasteiger partial charge in [0, 0.05) is 6.92 Å². The van der Waals surface area contributed by atoms with E-state index in [2.05, 4.69) is 6.92 Å². The first-order valence-electron chi connectivity index (χ1n) is 8.07. The Balaban J connectivity index is 2.15. The van der Waals surface area contributed by atoms with Crippen molar-refractivity contribution in [2.24, 2.45) is 0 Å². The summed E-state index contributed by atoms with van der Waals surface area (Å²) in [5.74, 6) is 0.744. The summed E-state index contributed by atoms with van der Waals surface area (Å²) >= 11 is 0. The Morgan fingerprint density at radius 3 is 2.33 bits per heavy atom. The van der Waals surface area contributed by atoms with Gasteiger partial charge in [0.05, 0.1) is 6.61 Å². The molecule has 0 aliphatic heterocycles. The summed E-state index contributed by atoms with van der Waals surface area (Å²) in [6.07, 6.45) is 7.53. The van der Waals surface area contributed by atoms with Gasteiger partial charge in [-0.25, -0.2) is 0 Å². The van der Waals surface area contributed by atoms with Crippen molar-refractivity contribution in [2.75, 3.05) is 6.61 Å². The van der Waals surface area contributed by atoms with E-state index >= 15 is 0 Å². The molecule has 0 aliphatic carbocycles. The fraction of sp³-hybridized carbons (Fsp3) is 0.611. The topological polar surface area (TPSA) is 35.5 Å². The molecule has 0 aliphatic rings. The molecule has 0 N–H and O–H groups in total. The molecule has 1 aromatic carbocycles. The standard InChI is InChI=1S/C18H28O3/c1-3-4-6-13-18(21-16(2)19)14-9-10-15-20-17-11-7-5-8-12-17/h5,7-8,11-12,18H,3-4,6,9-10,13-15H2,1-2H3/t18-/m0/s1. The average molecular weight is 292 g/mol. The van der Waals surface area contributed by atoms with Gasteiger partial charge in [-0.15, -0.1) is 0 Å². The lowest BCUT2D eigenvalue weighted by molar-refractivity contribution is -0.147. The van der Waals surface area contributed by atoms with Crippen molar-refractivity contribution in [1.82, 2.24) is 0 Å². The molecule has 0 heterocycles. The molecular formula is C18H28O3. The smallest absolute Gasteiger partial charge is 0.302 e. The van der Waals surface area contributed by atoms with E-state index in [4.69, 9.17) is 9.47 Å². The minimum absolute atomic E-state index is 0.0748. The Kier molecular flexibility index (Phi) is 9.34. The van der Waals surface area contributed by atoms with E-state index in [9.17, 15) is 4.79 Å². The van der Waals surface area contributed by atoms with Gasteiger partial charge < -0.3 is 9.47 Å². The Bertz CT molecular complexity index is 375. The molecule has 0 saturated heterocycles. The molecule has 0 aromatic heterocycles. The number of ether oxygens (including phenoxy) is 2. The first-order valence-corrected chi connectivity index (χ1v) is 8.07.